The maximum atomic E-state index is 10.5. The molecule has 0 atom stereocenters. The number of nitrogens with zero attached hydrogens (tertiary/aromatic N) is 2. The second kappa shape index (κ2) is 4.25. The summed E-state index contributed by atoms with van der Waals surface area (Å²) in [7, 11) is 0. The molecule has 0 spiro atoms. The highest BCUT2D eigenvalue weighted by molar-refractivity contribution is 9.10. The maximum absolute atomic E-state index is 10.5. The van der Waals surface area contributed by atoms with E-state index in [2.05, 4.69) is 21.0 Å². The molecule has 16 heavy (non-hydrogen) atoms. The predicted molar refractivity (Wildman–Crippen MR) is 64.4 cm³/mol. The van der Waals surface area contributed by atoms with Crippen LogP contribution in [0.3, 0.4) is 0 Å². The van der Waals surface area contributed by atoms with Crippen LogP contribution in [0.2, 0.25) is 0 Å². The Morgan fingerprint density at radius 2 is 2.31 bits per heavy atom. The molecule has 2 rings (SSSR count). The zero-order chi connectivity index (χ0) is 11.7. The molecular weight excluding hydrogens is 272 g/mol. The average molecular weight is 283 g/mol. The third-order valence-corrected chi connectivity index (χ3v) is 3.28. The van der Waals surface area contributed by atoms with Gasteiger partial charge in [0, 0.05) is 5.39 Å². The Morgan fingerprint density at radius 3 is 2.94 bits per heavy atom. The molecular formula is C11H11BrN2O2. The van der Waals surface area contributed by atoms with Crippen LogP contribution in [0.5, 0.6) is 0 Å². The van der Waals surface area contributed by atoms with Gasteiger partial charge in [-0.1, -0.05) is 18.2 Å². The number of halogens is 1. The minimum atomic E-state index is -0.817. The Kier molecular flexibility index (Phi) is 2.96. The van der Waals surface area contributed by atoms with E-state index in [1.807, 2.05) is 25.1 Å². The molecule has 1 aromatic heterocycles. The molecule has 0 aliphatic heterocycles. The van der Waals surface area contributed by atoms with Crippen LogP contribution in [-0.2, 0) is 11.3 Å². The summed E-state index contributed by atoms with van der Waals surface area (Å²) in [5, 5.41) is 14.0. The first kappa shape index (κ1) is 11.1. The van der Waals surface area contributed by atoms with E-state index in [0.717, 1.165) is 21.1 Å². The molecule has 0 amide bonds. The molecule has 0 saturated heterocycles. The summed E-state index contributed by atoms with van der Waals surface area (Å²) >= 11 is 3.44. The topological polar surface area (TPSA) is 55.1 Å². The molecule has 2 aromatic rings. The van der Waals surface area contributed by atoms with Crippen LogP contribution in [-0.4, -0.2) is 20.9 Å². The van der Waals surface area contributed by atoms with Crippen LogP contribution < -0.4 is 0 Å². The van der Waals surface area contributed by atoms with Crippen LogP contribution >= 0.6 is 15.9 Å². The van der Waals surface area contributed by atoms with E-state index in [-0.39, 0.29) is 6.42 Å². The number of aromatic nitrogens is 2. The van der Waals surface area contributed by atoms with Gasteiger partial charge in [-0.3, -0.25) is 9.48 Å². The normalized spacial score (nSPS) is 10.9. The van der Waals surface area contributed by atoms with Crippen molar-refractivity contribution in [2.24, 2.45) is 0 Å². The summed E-state index contributed by atoms with van der Waals surface area (Å²) in [5.74, 6) is -0.817. The van der Waals surface area contributed by atoms with Crippen molar-refractivity contribution in [3.8, 4) is 0 Å². The SMILES string of the molecule is Cc1cccc2c(Br)n(CCC(=O)O)nc12. The lowest BCUT2D eigenvalue weighted by molar-refractivity contribution is -0.137. The molecule has 1 heterocycles. The van der Waals surface area contributed by atoms with Crippen molar-refractivity contribution in [1.29, 1.82) is 0 Å². The smallest absolute Gasteiger partial charge is 0.305 e. The number of hydrogen-bond donors (Lipinski definition) is 1. The lowest BCUT2D eigenvalue weighted by atomic mass is 10.2. The van der Waals surface area contributed by atoms with Gasteiger partial charge >= 0.3 is 5.97 Å². The average Bonchev–Trinajstić information content (AvgIpc) is 2.55. The van der Waals surface area contributed by atoms with Crippen LogP contribution in [0.15, 0.2) is 22.8 Å². The Hall–Kier alpha value is -1.36. The van der Waals surface area contributed by atoms with Gasteiger partial charge in [-0.25, -0.2) is 0 Å². The Labute approximate surface area is 101 Å². The van der Waals surface area contributed by atoms with Crippen molar-refractivity contribution in [2.75, 3.05) is 0 Å². The monoisotopic (exact) mass is 282 g/mol. The van der Waals surface area contributed by atoms with Gasteiger partial charge < -0.3 is 5.11 Å². The number of fused-ring (bicyclic) bond motifs is 1. The summed E-state index contributed by atoms with van der Waals surface area (Å²) in [6, 6.07) is 5.92. The second-order valence-electron chi connectivity index (χ2n) is 3.63. The van der Waals surface area contributed by atoms with Crippen LogP contribution in [0.25, 0.3) is 10.9 Å². The first-order valence-electron chi connectivity index (χ1n) is 4.93. The Balaban J connectivity index is 2.44. The predicted octanol–water partition coefficient (Wildman–Crippen LogP) is 2.58. The highest BCUT2D eigenvalue weighted by Gasteiger charge is 2.10. The highest BCUT2D eigenvalue weighted by Crippen LogP contribution is 2.25. The third kappa shape index (κ3) is 1.95. The molecule has 0 aliphatic carbocycles. The van der Waals surface area contributed by atoms with E-state index in [9.17, 15) is 4.79 Å². The molecule has 5 heteroatoms. The molecule has 0 saturated carbocycles. The molecule has 1 N–H and O–H groups in total. The Bertz CT molecular complexity index is 548. The number of aryl methyl sites for hydroxylation is 2. The van der Waals surface area contributed by atoms with Gasteiger partial charge in [0.25, 0.3) is 0 Å². The van der Waals surface area contributed by atoms with E-state index >= 15 is 0 Å². The fraction of sp³-hybridized carbons (Fsp3) is 0.273. The zero-order valence-electron chi connectivity index (χ0n) is 8.77. The van der Waals surface area contributed by atoms with E-state index in [4.69, 9.17) is 5.11 Å². The summed E-state index contributed by atoms with van der Waals surface area (Å²) < 4.78 is 2.53. The maximum Gasteiger partial charge on any atom is 0.305 e. The molecule has 0 bridgehead atoms. The number of rotatable bonds is 3. The Morgan fingerprint density at radius 1 is 1.56 bits per heavy atom. The fourth-order valence-corrected chi connectivity index (χ4v) is 2.19. The van der Waals surface area contributed by atoms with Crippen molar-refractivity contribution < 1.29 is 9.90 Å². The number of carbonyl (C=O) groups is 1. The minimum Gasteiger partial charge on any atom is -0.481 e. The van der Waals surface area contributed by atoms with Crippen molar-refractivity contribution in [2.45, 2.75) is 19.9 Å². The third-order valence-electron chi connectivity index (χ3n) is 2.44. The molecule has 4 nitrogen and oxygen atoms in total. The second-order valence-corrected chi connectivity index (χ2v) is 4.38. The van der Waals surface area contributed by atoms with Gasteiger partial charge in [0.1, 0.15) is 4.60 Å². The molecule has 0 aliphatic rings. The van der Waals surface area contributed by atoms with E-state index in [0.29, 0.717) is 6.54 Å². The lowest BCUT2D eigenvalue weighted by Gasteiger charge is -1.99. The van der Waals surface area contributed by atoms with Crippen molar-refractivity contribution in [1.82, 2.24) is 9.78 Å². The standard InChI is InChI=1S/C11H11BrN2O2/c1-7-3-2-4-8-10(7)13-14(11(8)12)6-5-9(15)16/h2-4H,5-6H2,1H3,(H,15,16). The largest absolute Gasteiger partial charge is 0.481 e. The molecule has 0 fully saturated rings. The molecule has 84 valence electrons. The van der Waals surface area contributed by atoms with Crippen molar-refractivity contribution in [3.63, 3.8) is 0 Å². The fourth-order valence-electron chi connectivity index (χ4n) is 1.61. The number of hydrogen-bond acceptors (Lipinski definition) is 2. The summed E-state index contributed by atoms with van der Waals surface area (Å²) in [6.07, 6.45) is 0.0750. The van der Waals surface area contributed by atoms with Gasteiger partial charge in [0.05, 0.1) is 18.5 Å². The van der Waals surface area contributed by atoms with Crippen molar-refractivity contribution >= 4 is 32.8 Å². The lowest BCUT2D eigenvalue weighted by Crippen LogP contribution is -2.05. The van der Waals surface area contributed by atoms with Gasteiger partial charge in [0.15, 0.2) is 0 Å². The first-order valence-corrected chi connectivity index (χ1v) is 5.72. The number of carboxylic acids is 1. The van der Waals surface area contributed by atoms with Crippen LogP contribution in [0, 0.1) is 6.92 Å². The van der Waals surface area contributed by atoms with E-state index in [1.54, 1.807) is 4.68 Å². The van der Waals surface area contributed by atoms with Gasteiger partial charge in [-0.05, 0) is 28.4 Å². The minimum absolute atomic E-state index is 0.0750. The summed E-state index contributed by atoms with van der Waals surface area (Å²) in [6.45, 7) is 2.37. The number of aliphatic carboxylic acids is 1. The van der Waals surface area contributed by atoms with Gasteiger partial charge in [-0.15, -0.1) is 0 Å². The van der Waals surface area contributed by atoms with Gasteiger partial charge in [0.2, 0.25) is 0 Å². The first-order chi connectivity index (χ1) is 7.59. The van der Waals surface area contributed by atoms with E-state index in [1.165, 1.54) is 0 Å². The zero-order valence-corrected chi connectivity index (χ0v) is 10.4. The molecule has 0 unspecified atom stereocenters. The summed E-state index contributed by atoms with van der Waals surface area (Å²) in [5.41, 5.74) is 2.01. The molecule has 0 radical (unpaired) electrons. The van der Waals surface area contributed by atoms with Crippen LogP contribution in [0.4, 0.5) is 0 Å². The number of benzene rings is 1. The van der Waals surface area contributed by atoms with Crippen LogP contribution in [0.1, 0.15) is 12.0 Å². The molecule has 1 aromatic carbocycles. The van der Waals surface area contributed by atoms with Gasteiger partial charge in [-0.2, -0.15) is 5.10 Å². The van der Waals surface area contributed by atoms with E-state index < -0.39 is 5.97 Å². The van der Waals surface area contributed by atoms with Crippen molar-refractivity contribution in [3.05, 3.63) is 28.4 Å². The quantitative estimate of drug-likeness (QED) is 0.942. The highest BCUT2D eigenvalue weighted by atomic mass is 79.9. The number of carboxylic acid groups (broad SMARTS) is 1. The summed E-state index contributed by atoms with van der Waals surface area (Å²) in [4.78, 5) is 10.5.